The third-order valence-corrected chi connectivity index (χ3v) is 3.74. The van der Waals surface area contributed by atoms with Crippen molar-refractivity contribution in [2.24, 2.45) is 0 Å². The van der Waals surface area contributed by atoms with Crippen LogP contribution < -0.4 is 15.8 Å². The summed E-state index contributed by atoms with van der Waals surface area (Å²) in [6.07, 6.45) is 0.727. The quantitative estimate of drug-likeness (QED) is 0.710. The number of urea groups is 1. The molecule has 4 N–H and O–H groups in total. The number of hydrogen-bond donors (Lipinski definition) is 3. The van der Waals surface area contributed by atoms with Crippen LogP contribution in [0.3, 0.4) is 0 Å². The largest absolute Gasteiger partial charge is 0.399 e. The number of nitrogens with one attached hydrogen (secondary N) is 2. The molecule has 0 unspecified atom stereocenters. The second-order valence-corrected chi connectivity index (χ2v) is 5.54. The number of sulfonamides is 1. The van der Waals surface area contributed by atoms with E-state index >= 15 is 0 Å². The summed E-state index contributed by atoms with van der Waals surface area (Å²) in [5.74, 6) is 0. The lowest BCUT2D eigenvalue weighted by atomic mass is 10.2. The van der Waals surface area contributed by atoms with Crippen LogP contribution in [-0.2, 0) is 10.0 Å². The Morgan fingerprint density at radius 1 is 1.39 bits per heavy atom. The highest BCUT2D eigenvalue weighted by Crippen LogP contribution is 2.17. The molecule has 0 heterocycles. The molecule has 0 aromatic heterocycles. The lowest BCUT2D eigenvalue weighted by Crippen LogP contribution is -2.39. The summed E-state index contributed by atoms with van der Waals surface area (Å²) in [6, 6.07) is 3.78. The Bertz CT molecular complexity index is 540. The fraction of sp³-hybridized carbons (Fsp3) is 0.364. The number of nitrogen functional groups attached to an aromatic ring is 1. The molecule has 0 saturated carbocycles. The predicted octanol–water partition coefficient (Wildman–Crippen LogP) is 0.975. The third-order valence-electron chi connectivity index (χ3n) is 2.26. The van der Waals surface area contributed by atoms with Crippen molar-refractivity contribution >= 4 is 21.7 Å². The van der Waals surface area contributed by atoms with Crippen LogP contribution >= 0.6 is 0 Å². The SMILES string of the molecule is CCCNC(=O)NS(=O)(=O)c1cc(N)ccc1C. The molecule has 18 heavy (non-hydrogen) atoms. The van der Waals surface area contributed by atoms with Crippen LogP contribution in [0, 0.1) is 6.92 Å². The maximum Gasteiger partial charge on any atom is 0.328 e. The molecule has 7 heteroatoms. The molecule has 0 radical (unpaired) electrons. The summed E-state index contributed by atoms with van der Waals surface area (Å²) in [4.78, 5) is 11.4. The number of carbonyl (C=O) groups is 1. The van der Waals surface area contributed by atoms with Gasteiger partial charge in [-0.1, -0.05) is 13.0 Å². The van der Waals surface area contributed by atoms with Gasteiger partial charge in [0.25, 0.3) is 10.0 Å². The van der Waals surface area contributed by atoms with E-state index in [-0.39, 0.29) is 4.90 Å². The molecular formula is C11H17N3O3S. The van der Waals surface area contributed by atoms with E-state index in [0.29, 0.717) is 17.8 Å². The van der Waals surface area contributed by atoms with Crippen molar-refractivity contribution in [1.29, 1.82) is 0 Å². The van der Waals surface area contributed by atoms with Crippen LogP contribution in [0.2, 0.25) is 0 Å². The summed E-state index contributed by atoms with van der Waals surface area (Å²) in [7, 11) is -3.89. The van der Waals surface area contributed by atoms with Crippen LogP contribution in [0.5, 0.6) is 0 Å². The van der Waals surface area contributed by atoms with E-state index < -0.39 is 16.1 Å². The molecule has 2 amide bonds. The smallest absolute Gasteiger partial charge is 0.328 e. The first kappa shape index (κ1) is 14.3. The molecule has 6 nitrogen and oxygen atoms in total. The first-order chi connectivity index (χ1) is 8.36. The number of anilines is 1. The number of benzene rings is 1. The van der Waals surface area contributed by atoms with Gasteiger partial charge in [-0.15, -0.1) is 0 Å². The number of aryl methyl sites for hydroxylation is 1. The van der Waals surface area contributed by atoms with Crippen molar-refractivity contribution in [3.63, 3.8) is 0 Å². The molecule has 1 aromatic carbocycles. The zero-order valence-electron chi connectivity index (χ0n) is 10.4. The normalized spacial score (nSPS) is 11.0. The highest BCUT2D eigenvalue weighted by molar-refractivity contribution is 7.90. The van der Waals surface area contributed by atoms with E-state index in [1.54, 1.807) is 19.1 Å². The maximum atomic E-state index is 12.0. The van der Waals surface area contributed by atoms with E-state index in [2.05, 4.69) is 5.32 Å². The molecule has 0 fully saturated rings. The second-order valence-electron chi connectivity index (χ2n) is 3.89. The Kier molecular flexibility index (Phi) is 4.55. The molecule has 1 rings (SSSR count). The van der Waals surface area contributed by atoms with Gasteiger partial charge in [-0.2, -0.15) is 0 Å². The fourth-order valence-electron chi connectivity index (χ4n) is 1.36. The molecule has 0 atom stereocenters. The number of rotatable bonds is 4. The zero-order chi connectivity index (χ0) is 13.8. The highest BCUT2D eigenvalue weighted by atomic mass is 32.2. The zero-order valence-corrected chi connectivity index (χ0v) is 11.2. The van der Waals surface area contributed by atoms with Crippen molar-refractivity contribution in [1.82, 2.24) is 10.0 Å². The van der Waals surface area contributed by atoms with E-state index in [1.807, 2.05) is 11.6 Å². The van der Waals surface area contributed by atoms with Crippen molar-refractivity contribution in [2.45, 2.75) is 25.2 Å². The Balaban J connectivity index is 2.93. The van der Waals surface area contributed by atoms with Gasteiger partial charge in [-0.3, -0.25) is 0 Å². The van der Waals surface area contributed by atoms with Gasteiger partial charge < -0.3 is 11.1 Å². The fourth-order valence-corrected chi connectivity index (χ4v) is 2.57. The number of hydrogen-bond acceptors (Lipinski definition) is 4. The Labute approximate surface area is 107 Å². The summed E-state index contributed by atoms with van der Waals surface area (Å²) < 4.78 is 25.8. The van der Waals surface area contributed by atoms with Gasteiger partial charge in [-0.05, 0) is 31.0 Å². The number of carbonyl (C=O) groups excluding carboxylic acids is 1. The minimum Gasteiger partial charge on any atom is -0.399 e. The molecule has 0 saturated heterocycles. The van der Waals surface area contributed by atoms with Gasteiger partial charge >= 0.3 is 6.03 Å². The average molecular weight is 271 g/mol. The van der Waals surface area contributed by atoms with E-state index in [1.165, 1.54) is 6.07 Å². The average Bonchev–Trinajstić information content (AvgIpc) is 2.29. The van der Waals surface area contributed by atoms with Crippen molar-refractivity contribution < 1.29 is 13.2 Å². The topological polar surface area (TPSA) is 101 Å². The minimum absolute atomic E-state index is 0.00847. The minimum atomic E-state index is -3.89. The summed E-state index contributed by atoms with van der Waals surface area (Å²) in [6.45, 7) is 3.92. The predicted molar refractivity (Wildman–Crippen MR) is 69.6 cm³/mol. The van der Waals surface area contributed by atoms with Crippen LogP contribution in [0.1, 0.15) is 18.9 Å². The lowest BCUT2D eigenvalue weighted by molar-refractivity contribution is 0.246. The van der Waals surface area contributed by atoms with Crippen LogP contribution in [-0.4, -0.2) is 21.0 Å². The molecular weight excluding hydrogens is 254 g/mol. The van der Waals surface area contributed by atoms with Crippen LogP contribution in [0.15, 0.2) is 23.1 Å². The van der Waals surface area contributed by atoms with Gasteiger partial charge in [0.05, 0.1) is 4.90 Å². The molecule has 0 bridgehead atoms. The molecule has 0 aliphatic heterocycles. The van der Waals surface area contributed by atoms with Crippen molar-refractivity contribution in [3.8, 4) is 0 Å². The van der Waals surface area contributed by atoms with Crippen LogP contribution in [0.4, 0.5) is 10.5 Å². The summed E-state index contributed by atoms with van der Waals surface area (Å²) in [5.41, 5.74) is 6.40. The summed E-state index contributed by atoms with van der Waals surface area (Å²) >= 11 is 0. The molecule has 100 valence electrons. The lowest BCUT2D eigenvalue weighted by Gasteiger charge is -2.10. The van der Waals surface area contributed by atoms with Gasteiger partial charge in [0.1, 0.15) is 0 Å². The Morgan fingerprint density at radius 2 is 2.06 bits per heavy atom. The number of nitrogens with two attached hydrogens (primary N) is 1. The first-order valence-corrected chi connectivity index (χ1v) is 7.02. The third kappa shape index (κ3) is 3.63. The molecule has 0 aliphatic rings. The maximum absolute atomic E-state index is 12.0. The molecule has 0 aliphatic carbocycles. The monoisotopic (exact) mass is 271 g/mol. The highest BCUT2D eigenvalue weighted by Gasteiger charge is 2.19. The van der Waals surface area contributed by atoms with E-state index in [0.717, 1.165) is 6.42 Å². The van der Waals surface area contributed by atoms with E-state index in [4.69, 9.17) is 5.73 Å². The Hall–Kier alpha value is -1.76. The van der Waals surface area contributed by atoms with Gasteiger partial charge in [-0.25, -0.2) is 17.9 Å². The van der Waals surface area contributed by atoms with Crippen molar-refractivity contribution in [3.05, 3.63) is 23.8 Å². The standard InChI is InChI=1S/C11H17N3O3S/c1-3-6-13-11(15)14-18(16,17)10-7-9(12)5-4-8(10)2/h4-5,7H,3,6,12H2,1-2H3,(H2,13,14,15). The Morgan fingerprint density at radius 3 is 2.67 bits per heavy atom. The van der Waals surface area contributed by atoms with Crippen molar-refractivity contribution in [2.75, 3.05) is 12.3 Å². The molecule has 1 aromatic rings. The van der Waals surface area contributed by atoms with Crippen LogP contribution in [0.25, 0.3) is 0 Å². The summed E-state index contributed by atoms with van der Waals surface area (Å²) in [5, 5.41) is 2.43. The van der Waals surface area contributed by atoms with Gasteiger partial charge in [0.15, 0.2) is 0 Å². The first-order valence-electron chi connectivity index (χ1n) is 5.53. The van der Waals surface area contributed by atoms with Gasteiger partial charge in [0, 0.05) is 12.2 Å². The van der Waals surface area contributed by atoms with Gasteiger partial charge in [0.2, 0.25) is 0 Å². The second kappa shape index (κ2) is 5.72. The van der Waals surface area contributed by atoms with E-state index in [9.17, 15) is 13.2 Å². The molecule has 0 spiro atoms. The number of amides is 2.